The molecule has 0 saturated carbocycles. The van der Waals surface area contributed by atoms with E-state index in [1.165, 1.54) is 0 Å². The van der Waals surface area contributed by atoms with Crippen LogP contribution >= 0.6 is 28.3 Å². The van der Waals surface area contributed by atoms with Gasteiger partial charge >= 0.3 is 0 Å². The van der Waals surface area contributed by atoms with Crippen LogP contribution in [0.15, 0.2) is 22.7 Å². The van der Waals surface area contributed by atoms with Crippen LogP contribution in [0.2, 0.25) is 0 Å². The summed E-state index contributed by atoms with van der Waals surface area (Å²) in [6, 6.07) is 5.76. The van der Waals surface area contributed by atoms with Crippen LogP contribution in [0.4, 0.5) is 0 Å². The molecule has 2 N–H and O–H groups in total. The number of amides is 1. The summed E-state index contributed by atoms with van der Waals surface area (Å²) in [6.45, 7) is 6.02. The number of hydrogen-bond acceptors (Lipinski definition) is 2. The monoisotopic (exact) mass is 346 g/mol. The van der Waals surface area contributed by atoms with E-state index >= 15 is 0 Å². The second kappa shape index (κ2) is 6.73. The Balaban J connectivity index is 0.00000180. The molecule has 1 amide bonds. The topological polar surface area (TPSA) is 41.1 Å². The lowest BCUT2D eigenvalue weighted by molar-refractivity contribution is 0.0887. The van der Waals surface area contributed by atoms with Crippen LogP contribution in [-0.2, 0) is 0 Å². The minimum atomic E-state index is -0.0815. The highest BCUT2D eigenvalue weighted by Crippen LogP contribution is 2.20. The summed E-state index contributed by atoms with van der Waals surface area (Å²) in [5.41, 5.74) is 1.68. The molecule has 1 aliphatic rings. The summed E-state index contributed by atoms with van der Waals surface area (Å²) in [7, 11) is 0. The predicted molar refractivity (Wildman–Crippen MR) is 84.1 cm³/mol. The Labute approximate surface area is 129 Å². The van der Waals surface area contributed by atoms with E-state index in [0.29, 0.717) is 0 Å². The number of benzene rings is 1. The van der Waals surface area contributed by atoms with Gasteiger partial charge in [-0.3, -0.25) is 4.79 Å². The van der Waals surface area contributed by atoms with Crippen molar-refractivity contribution in [2.75, 3.05) is 13.1 Å². The number of rotatable bonds is 2. The number of aryl methyl sites for hydroxylation is 1. The SMILES string of the molecule is Cc1cc(Br)ccc1C(=O)NC1(C)CCNCC1.Cl. The van der Waals surface area contributed by atoms with Crippen molar-refractivity contribution in [3.05, 3.63) is 33.8 Å². The van der Waals surface area contributed by atoms with E-state index in [2.05, 4.69) is 33.5 Å². The van der Waals surface area contributed by atoms with Crippen LogP contribution in [0.25, 0.3) is 0 Å². The zero-order valence-electron chi connectivity index (χ0n) is 11.3. The maximum Gasteiger partial charge on any atom is 0.251 e. The molecule has 0 spiro atoms. The number of carbonyl (C=O) groups is 1. The summed E-state index contributed by atoms with van der Waals surface area (Å²) in [6.07, 6.45) is 1.96. The van der Waals surface area contributed by atoms with E-state index in [9.17, 15) is 4.79 Å². The number of hydrogen-bond donors (Lipinski definition) is 2. The number of nitrogens with one attached hydrogen (secondary N) is 2. The Kier molecular flexibility index (Phi) is 5.83. The third kappa shape index (κ3) is 4.20. The Morgan fingerprint density at radius 3 is 2.58 bits per heavy atom. The molecule has 1 heterocycles. The molecule has 2 rings (SSSR count). The average molecular weight is 348 g/mol. The minimum absolute atomic E-state index is 0. The van der Waals surface area contributed by atoms with Crippen molar-refractivity contribution in [3.8, 4) is 0 Å². The largest absolute Gasteiger partial charge is 0.347 e. The Morgan fingerprint density at radius 1 is 1.37 bits per heavy atom. The first-order chi connectivity index (χ1) is 8.50. The smallest absolute Gasteiger partial charge is 0.251 e. The number of piperidine rings is 1. The van der Waals surface area contributed by atoms with Crippen molar-refractivity contribution in [1.29, 1.82) is 0 Å². The number of halogens is 2. The Morgan fingerprint density at radius 2 is 2.00 bits per heavy atom. The van der Waals surface area contributed by atoms with Crippen LogP contribution < -0.4 is 10.6 Å². The van der Waals surface area contributed by atoms with E-state index in [-0.39, 0.29) is 23.9 Å². The summed E-state index contributed by atoms with van der Waals surface area (Å²) in [4.78, 5) is 12.3. The maximum absolute atomic E-state index is 12.3. The van der Waals surface area contributed by atoms with Crippen molar-refractivity contribution in [3.63, 3.8) is 0 Å². The van der Waals surface area contributed by atoms with E-state index < -0.39 is 0 Å². The molecule has 0 radical (unpaired) electrons. The average Bonchev–Trinajstić information content (AvgIpc) is 2.28. The van der Waals surface area contributed by atoms with Gasteiger partial charge in [0.25, 0.3) is 5.91 Å². The van der Waals surface area contributed by atoms with Crippen molar-refractivity contribution in [2.45, 2.75) is 32.2 Å². The second-order valence-corrected chi connectivity index (χ2v) is 6.14. The van der Waals surface area contributed by atoms with Crippen LogP contribution in [-0.4, -0.2) is 24.5 Å². The summed E-state index contributed by atoms with van der Waals surface area (Å²) in [5, 5.41) is 6.49. The van der Waals surface area contributed by atoms with Crippen LogP contribution in [0, 0.1) is 6.92 Å². The van der Waals surface area contributed by atoms with Gasteiger partial charge in [-0.05, 0) is 63.5 Å². The summed E-state index contributed by atoms with van der Waals surface area (Å²) < 4.78 is 1.00. The van der Waals surface area contributed by atoms with Gasteiger partial charge < -0.3 is 10.6 Å². The minimum Gasteiger partial charge on any atom is -0.347 e. The molecular weight excluding hydrogens is 328 g/mol. The molecule has 0 bridgehead atoms. The van der Waals surface area contributed by atoms with E-state index in [0.717, 1.165) is 41.5 Å². The first-order valence-electron chi connectivity index (χ1n) is 6.30. The van der Waals surface area contributed by atoms with E-state index in [1.54, 1.807) is 0 Å². The normalized spacial score (nSPS) is 17.4. The molecule has 1 aromatic carbocycles. The van der Waals surface area contributed by atoms with Gasteiger partial charge in [0.05, 0.1) is 0 Å². The van der Waals surface area contributed by atoms with Crippen molar-refractivity contribution < 1.29 is 4.79 Å². The first-order valence-corrected chi connectivity index (χ1v) is 7.09. The van der Waals surface area contributed by atoms with Gasteiger partial charge in [-0.2, -0.15) is 0 Å². The van der Waals surface area contributed by atoms with E-state index in [1.807, 2.05) is 25.1 Å². The molecule has 1 aliphatic heterocycles. The van der Waals surface area contributed by atoms with Crippen molar-refractivity contribution >= 4 is 34.2 Å². The van der Waals surface area contributed by atoms with E-state index in [4.69, 9.17) is 0 Å². The fourth-order valence-corrected chi connectivity index (χ4v) is 2.80. The molecule has 0 aromatic heterocycles. The molecule has 19 heavy (non-hydrogen) atoms. The molecular formula is C14H20BrClN2O. The predicted octanol–water partition coefficient (Wildman–Crippen LogP) is 3.05. The Hall–Kier alpha value is -0.580. The van der Waals surface area contributed by atoms with Crippen molar-refractivity contribution in [2.24, 2.45) is 0 Å². The molecule has 1 aromatic rings. The summed E-state index contributed by atoms with van der Waals surface area (Å²) in [5.74, 6) is 0.0319. The van der Waals surface area contributed by atoms with Gasteiger partial charge in [-0.15, -0.1) is 12.4 Å². The molecule has 5 heteroatoms. The molecule has 0 unspecified atom stereocenters. The van der Waals surface area contributed by atoms with Gasteiger partial charge in [0.2, 0.25) is 0 Å². The van der Waals surface area contributed by atoms with Crippen molar-refractivity contribution in [1.82, 2.24) is 10.6 Å². The van der Waals surface area contributed by atoms with Gasteiger partial charge in [0, 0.05) is 15.6 Å². The molecule has 106 valence electrons. The quantitative estimate of drug-likeness (QED) is 0.863. The molecule has 0 aliphatic carbocycles. The molecule has 1 saturated heterocycles. The third-order valence-corrected chi connectivity index (χ3v) is 4.05. The fourth-order valence-electron chi connectivity index (χ4n) is 2.33. The zero-order chi connectivity index (χ0) is 13.2. The van der Waals surface area contributed by atoms with Gasteiger partial charge in [0.15, 0.2) is 0 Å². The third-order valence-electron chi connectivity index (χ3n) is 3.56. The lowest BCUT2D eigenvalue weighted by atomic mass is 9.90. The molecule has 3 nitrogen and oxygen atoms in total. The van der Waals surface area contributed by atoms with Crippen LogP contribution in [0.3, 0.4) is 0 Å². The zero-order valence-corrected chi connectivity index (χ0v) is 13.7. The van der Waals surface area contributed by atoms with Crippen LogP contribution in [0.1, 0.15) is 35.7 Å². The molecule has 0 atom stereocenters. The highest BCUT2D eigenvalue weighted by atomic mass is 79.9. The lowest BCUT2D eigenvalue weighted by Gasteiger charge is -2.35. The van der Waals surface area contributed by atoms with Gasteiger partial charge in [-0.1, -0.05) is 15.9 Å². The first kappa shape index (κ1) is 16.5. The Bertz CT molecular complexity index is 459. The standard InChI is InChI=1S/C14H19BrN2O.ClH/c1-10-9-11(15)3-4-12(10)13(18)17-14(2)5-7-16-8-6-14;/h3-4,9,16H,5-8H2,1-2H3,(H,17,18);1H. The van der Waals surface area contributed by atoms with Gasteiger partial charge in [-0.25, -0.2) is 0 Å². The highest BCUT2D eigenvalue weighted by molar-refractivity contribution is 9.10. The highest BCUT2D eigenvalue weighted by Gasteiger charge is 2.28. The maximum atomic E-state index is 12.3. The second-order valence-electron chi connectivity index (χ2n) is 5.22. The molecule has 1 fully saturated rings. The van der Waals surface area contributed by atoms with Gasteiger partial charge in [0.1, 0.15) is 0 Å². The lowest BCUT2D eigenvalue weighted by Crippen LogP contribution is -2.52. The fraction of sp³-hybridized carbons (Fsp3) is 0.500. The van der Waals surface area contributed by atoms with Crippen LogP contribution in [0.5, 0.6) is 0 Å². The number of carbonyl (C=O) groups excluding carboxylic acids is 1. The summed E-state index contributed by atoms with van der Waals surface area (Å²) >= 11 is 3.41.